The third-order valence-electron chi connectivity index (χ3n) is 7.94. The Balaban J connectivity index is 1.24. The van der Waals surface area contributed by atoms with Crippen molar-refractivity contribution in [3.63, 3.8) is 0 Å². The van der Waals surface area contributed by atoms with Gasteiger partial charge in [-0.15, -0.1) is 0 Å². The average Bonchev–Trinajstić information content (AvgIpc) is 3.65. The van der Waals surface area contributed by atoms with Crippen LogP contribution >= 0.6 is 24.2 Å². The summed E-state index contributed by atoms with van der Waals surface area (Å²) in [7, 11) is 0. The number of aliphatic imine (C=N–C) groups is 1. The Labute approximate surface area is 285 Å². The molecule has 0 saturated carbocycles. The molecule has 17 heteroatoms. The third kappa shape index (κ3) is 7.47. The van der Waals surface area contributed by atoms with E-state index in [0.717, 1.165) is 40.1 Å². The molecule has 0 radical (unpaired) electrons. The van der Waals surface area contributed by atoms with Gasteiger partial charge in [0, 0.05) is 36.3 Å². The van der Waals surface area contributed by atoms with E-state index in [1.807, 2.05) is 19.1 Å². The van der Waals surface area contributed by atoms with E-state index in [9.17, 15) is 24.9 Å². The predicted molar refractivity (Wildman–Crippen MR) is 185 cm³/mol. The first-order valence-corrected chi connectivity index (χ1v) is 16.3. The van der Waals surface area contributed by atoms with Crippen molar-refractivity contribution in [2.24, 2.45) is 4.99 Å². The number of thiocarbonyl (C=S) groups is 1. The molecule has 1 fully saturated rings. The Morgan fingerprint density at radius 1 is 1.21 bits per heavy atom. The minimum Gasteiger partial charge on any atom is -0.387 e. The van der Waals surface area contributed by atoms with E-state index in [0.29, 0.717) is 30.6 Å². The van der Waals surface area contributed by atoms with Gasteiger partial charge in [-0.25, -0.2) is 4.98 Å². The van der Waals surface area contributed by atoms with Gasteiger partial charge in [-0.1, -0.05) is 19.1 Å². The van der Waals surface area contributed by atoms with E-state index in [2.05, 4.69) is 47.4 Å². The Morgan fingerprint density at radius 2 is 1.98 bits per heavy atom. The number of aliphatic hydroxyl groups is 3. The quantitative estimate of drug-likeness (QED) is 0.0369. The van der Waals surface area contributed by atoms with Crippen LogP contribution in [0.2, 0.25) is 0 Å². The molecule has 15 nitrogen and oxygen atoms in total. The van der Waals surface area contributed by atoms with Crippen molar-refractivity contribution in [1.82, 2.24) is 24.4 Å². The SMILES string of the molecule is CCc1cc(C(=O)SNc2ccc(N=C=S)cc2)ccc1CCNc1nc(N)c2ncn([C@@H]3O[C@H](C(O)N(C=O)CC)[C@@H](O)[C@H]3O)c2n1. The number of isothiocyanates is 1. The van der Waals surface area contributed by atoms with Crippen molar-refractivity contribution < 1.29 is 29.6 Å². The summed E-state index contributed by atoms with van der Waals surface area (Å²) < 4.78 is 10.3. The van der Waals surface area contributed by atoms with E-state index in [1.54, 1.807) is 37.3 Å². The number of anilines is 3. The van der Waals surface area contributed by atoms with E-state index in [4.69, 9.17) is 10.5 Å². The molecule has 0 bridgehead atoms. The lowest BCUT2D eigenvalue weighted by atomic mass is 10.00. The number of benzene rings is 2. The maximum atomic E-state index is 12.9. The standard InChI is InChI=1S/C31H35N9O6S2/c1-3-17-13-19(30(45)48-38-21-9-7-20(8-10-21)35-15-47)6-5-18(17)11-12-33-31-36-26(32)22-27(37-31)40(14-34-22)29-24(43)23(42)25(46-29)28(44)39(4-2)16-41/h5-10,13-14,16,23-25,28-29,38,42-44H,3-4,11-12H2,1-2H3,(H3,32,33,36,37)/t23-,24+,25-,28?,29+/m0/s1. The number of nitrogen functional groups attached to an aromatic ring is 1. The second-order valence-electron chi connectivity index (χ2n) is 10.8. The molecule has 4 aromatic rings. The Morgan fingerprint density at radius 3 is 2.67 bits per heavy atom. The number of fused-ring (bicyclic) bond motifs is 1. The lowest BCUT2D eigenvalue weighted by molar-refractivity contribution is -0.152. The number of nitrogens with zero attached hydrogens (tertiary/aromatic N) is 6. The number of aromatic nitrogens is 4. The van der Waals surface area contributed by atoms with Gasteiger partial charge in [-0.2, -0.15) is 15.0 Å². The highest BCUT2D eigenvalue weighted by molar-refractivity contribution is 8.15. The normalized spacial score (nSPS) is 19.4. The molecular formula is C31H35N9O6S2. The number of carbonyl (C=O) groups is 2. The summed E-state index contributed by atoms with van der Waals surface area (Å²) in [5.41, 5.74) is 10.8. The zero-order chi connectivity index (χ0) is 34.4. The largest absolute Gasteiger partial charge is 0.387 e. The molecule has 5 rings (SSSR count). The summed E-state index contributed by atoms with van der Waals surface area (Å²) in [6.45, 7) is 4.29. The fourth-order valence-electron chi connectivity index (χ4n) is 5.33. The van der Waals surface area contributed by atoms with Gasteiger partial charge in [-0.05, 0) is 73.4 Å². The van der Waals surface area contributed by atoms with Gasteiger partial charge in [0.2, 0.25) is 17.5 Å². The molecule has 5 atom stereocenters. The van der Waals surface area contributed by atoms with Crippen LogP contribution in [0.4, 0.5) is 23.1 Å². The van der Waals surface area contributed by atoms with E-state index < -0.39 is 30.8 Å². The van der Waals surface area contributed by atoms with Crippen molar-refractivity contribution >= 4 is 75.2 Å². The number of hydrogen-bond acceptors (Lipinski definition) is 15. The molecule has 1 amide bonds. The van der Waals surface area contributed by atoms with Crippen LogP contribution in [0.5, 0.6) is 0 Å². The number of hydrogen-bond donors (Lipinski definition) is 6. The topological polar surface area (TPSA) is 213 Å². The van der Waals surface area contributed by atoms with Crippen molar-refractivity contribution in [2.75, 3.05) is 28.9 Å². The number of nitrogens with two attached hydrogens (primary N) is 1. The third-order valence-corrected chi connectivity index (χ3v) is 8.79. The van der Waals surface area contributed by atoms with Gasteiger partial charge < -0.3 is 40.7 Å². The van der Waals surface area contributed by atoms with Crippen molar-refractivity contribution in [3.05, 3.63) is 65.5 Å². The van der Waals surface area contributed by atoms with Crippen LogP contribution in [0.25, 0.3) is 11.2 Å². The molecule has 48 heavy (non-hydrogen) atoms. The molecule has 1 unspecified atom stereocenters. The number of amides is 1. The molecule has 2 aromatic carbocycles. The summed E-state index contributed by atoms with van der Waals surface area (Å²) in [5, 5.41) is 37.3. The highest BCUT2D eigenvalue weighted by Gasteiger charge is 2.48. The van der Waals surface area contributed by atoms with Gasteiger partial charge >= 0.3 is 0 Å². The van der Waals surface area contributed by atoms with Gasteiger partial charge in [0.1, 0.15) is 23.8 Å². The minimum absolute atomic E-state index is 0.0895. The number of likely N-dealkylation sites (N-methyl/N-ethyl adjacent to an activating group) is 1. The lowest BCUT2D eigenvalue weighted by Gasteiger charge is -2.28. The zero-order valence-electron chi connectivity index (χ0n) is 26.1. The average molecular weight is 694 g/mol. The second kappa shape index (κ2) is 15.6. The molecule has 1 aliphatic rings. The second-order valence-corrected chi connectivity index (χ2v) is 11.8. The lowest BCUT2D eigenvalue weighted by Crippen LogP contribution is -2.48. The number of rotatable bonds is 14. The highest BCUT2D eigenvalue weighted by atomic mass is 32.2. The van der Waals surface area contributed by atoms with Crippen molar-refractivity contribution in [1.29, 1.82) is 0 Å². The van der Waals surface area contributed by atoms with Gasteiger partial charge in [0.25, 0.3) is 0 Å². The molecule has 7 N–H and O–H groups in total. The summed E-state index contributed by atoms with van der Waals surface area (Å²) in [6, 6.07) is 12.8. The summed E-state index contributed by atoms with van der Waals surface area (Å²) in [4.78, 5) is 42.3. The molecule has 3 heterocycles. The smallest absolute Gasteiger partial charge is 0.239 e. The van der Waals surface area contributed by atoms with Crippen LogP contribution in [0.3, 0.4) is 0 Å². The summed E-state index contributed by atoms with van der Waals surface area (Å²) in [6.07, 6.45) is -3.77. The van der Waals surface area contributed by atoms with Crippen LogP contribution in [-0.2, 0) is 22.4 Å². The fraction of sp³-hybridized carbons (Fsp3) is 0.355. The van der Waals surface area contributed by atoms with E-state index in [1.165, 1.54) is 10.9 Å². The molecule has 1 aliphatic heterocycles. The van der Waals surface area contributed by atoms with Crippen LogP contribution in [0, 0.1) is 0 Å². The first kappa shape index (κ1) is 34.8. The summed E-state index contributed by atoms with van der Waals surface area (Å²) >= 11 is 5.61. The maximum absolute atomic E-state index is 12.9. The van der Waals surface area contributed by atoms with Crippen LogP contribution in [0.1, 0.15) is 41.6 Å². The molecule has 1 saturated heterocycles. The zero-order valence-corrected chi connectivity index (χ0v) is 27.7. The number of aryl methyl sites for hydroxylation is 1. The minimum atomic E-state index is -1.49. The first-order chi connectivity index (χ1) is 23.2. The maximum Gasteiger partial charge on any atom is 0.239 e. The van der Waals surface area contributed by atoms with Crippen LogP contribution in [0.15, 0.2) is 53.8 Å². The molecule has 0 aliphatic carbocycles. The van der Waals surface area contributed by atoms with Crippen LogP contribution in [-0.4, -0.2) is 94.1 Å². The van der Waals surface area contributed by atoms with E-state index >= 15 is 0 Å². The first-order valence-electron chi connectivity index (χ1n) is 15.1. The number of ether oxygens (including phenoxy) is 1. The van der Waals surface area contributed by atoms with Crippen LogP contribution < -0.4 is 15.8 Å². The molecule has 2 aromatic heterocycles. The fourth-order valence-corrected chi connectivity index (χ4v) is 6.03. The van der Waals surface area contributed by atoms with Gasteiger partial charge in [-0.3, -0.25) is 14.2 Å². The molecule has 252 valence electrons. The van der Waals surface area contributed by atoms with Crippen molar-refractivity contribution in [2.45, 2.75) is 57.5 Å². The Kier molecular flexibility index (Phi) is 11.3. The summed E-state index contributed by atoms with van der Waals surface area (Å²) in [5.74, 6) is 0.297. The highest BCUT2D eigenvalue weighted by Crippen LogP contribution is 2.34. The number of nitrogens with one attached hydrogen (secondary N) is 2. The predicted octanol–water partition coefficient (Wildman–Crippen LogP) is 2.68. The molecule has 0 spiro atoms. The van der Waals surface area contributed by atoms with Gasteiger partial charge in [0.15, 0.2) is 23.9 Å². The Bertz CT molecular complexity index is 1820. The number of aliphatic hydroxyl groups excluding tert-OH is 3. The van der Waals surface area contributed by atoms with Gasteiger partial charge in [0.05, 0.1) is 17.2 Å². The van der Waals surface area contributed by atoms with E-state index in [-0.39, 0.29) is 34.6 Å². The number of imidazole rings is 1. The number of carbonyl (C=O) groups excluding carboxylic acids is 2. The Hall–Kier alpha value is -4.48. The monoisotopic (exact) mass is 693 g/mol. The molecular weight excluding hydrogens is 659 g/mol. The van der Waals surface area contributed by atoms with Crippen molar-refractivity contribution in [3.8, 4) is 0 Å².